The van der Waals surface area contributed by atoms with Crippen molar-refractivity contribution in [2.24, 2.45) is 0 Å². The van der Waals surface area contributed by atoms with Crippen LogP contribution in [0.25, 0.3) is 0 Å². The molecule has 2 aromatic rings. The summed E-state index contributed by atoms with van der Waals surface area (Å²) in [5, 5.41) is 3.22. The molecule has 0 atom stereocenters. The molecule has 0 heterocycles. The first kappa shape index (κ1) is 20.2. The number of nitrogens with one attached hydrogen (secondary N) is 1. The Kier molecular flexibility index (Phi) is 6.47. The fourth-order valence-electron chi connectivity index (χ4n) is 2.02. The molecule has 2 rings (SSSR count). The number of anilines is 1. The minimum atomic E-state index is -3.55. The third-order valence-corrected chi connectivity index (χ3v) is 6.91. The van der Waals surface area contributed by atoms with E-state index in [1.165, 1.54) is 23.5 Å². The standard InChI is InChI=1S/C17H18ClIN2O3S/c1-11(2)21(3)25(23,24)14-7-5-13(6-8-14)20-17(22)15-10-12(18)4-9-16(15)19/h4-11H,1-3H3,(H,20,22). The highest BCUT2D eigenvalue weighted by Crippen LogP contribution is 2.22. The molecule has 134 valence electrons. The van der Waals surface area contributed by atoms with Crippen LogP contribution < -0.4 is 5.32 Å². The second-order valence-electron chi connectivity index (χ2n) is 5.72. The third-order valence-electron chi connectivity index (χ3n) is 3.69. The van der Waals surface area contributed by atoms with Crippen LogP contribution in [0.4, 0.5) is 5.69 Å². The van der Waals surface area contributed by atoms with Crippen LogP contribution in [0.15, 0.2) is 47.4 Å². The molecule has 25 heavy (non-hydrogen) atoms. The van der Waals surface area contributed by atoms with Crippen LogP contribution >= 0.6 is 34.2 Å². The highest BCUT2D eigenvalue weighted by molar-refractivity contribution is 14.1. The van der Waals surface area contributed by atoms with Gasteiger partial charge in [0.05, 0.1) is 10.5 Å². The zero-order valence-electron chi connectivity index (χ0n) is 14.0. The predicted octanol–water partition coefficient (Wildman–Crippen LogP) is 4.23. The van der Waals surface area contributed by atoms with Crippen LogP contribution in [0.3, 0.4) is 0 Å². The van der Waals surface area contributed by atoms with Crippen LogP contribution in [0.2, 0.25) is 5.02 Å². The lowest BCUT2D eigenvalue weighted by Gasteiger charge is -2.21. The molecule has 0 aliphatic rings. The van der Waals surface area contributed by atoms with E-state index in [2.05, 4.69) is 27.9 Å². The van der Waals surface area contributed by atoms with Crippen molar-refractivity contribution >= 4 is 55.8 Å². The van der Waals surface area contributed by atoms with Gasteiger partial charge < -0.3 is 5.32 Å². The average molecular weight is 493 g/mol. The first-order valence-corrected chi connectivity index (χ1v) is 10.4. The predicted molar refractivity (Wildman–Crippen MR) is 109 cm³/mol. The van der Waals surface area contributed by atoms with Crippen LogP contribution in [-0.4, -0.2) is 31.7 Å². The van der Waals surface area contributed by atoms with Gasteiger partial charge in [-0.2, -0.15) is 4.31 Å². The van der Waals surface area contributed by atoms with Crippen molar-refractivity contribution in [1.29, 1.82) is 0 Å². The summed E-state index contributed by atoms with van der Waals surface area (Å²) in [6.45, 7) is 3.61. The molecule has 0 aromatic heterocycles. The molecule has 0 saturated carbocycles. The van der Waals surface area contributed by atoms with Gasteiger partial charge in [-0.05, 0) is 78.9 Å². The van der Waals surface area contributed by atoms with E-state index in [1.54, 1.807) is 44.2 Å². The van der Waals surface area contributed by atoms with Gasteiger partial charge in [0.25, 0.3) is 5.91 Å². The zero-order chi connectivity index (χ0) is 18.8. The maximum absolute atomic E-state index is 12.4. The molecule has 1 amide bonds. The number of sulfonamides is 1. The SMILES string of the molecule is CC(C)N(C)S(=O)(=O)c1ccc(NC(=O)c2cc(Cl)ccc2I)cc1. The van der Waals surface area contributed by atoms with Crippen molar-refractivity contribution in [3.63, 3.8) is 0 Å². The van der Waals surface area contributed by atoms with Gasteiger partial charge in [0.1, 0.15) is 0 Å². The fourth-order valence-corrected chi connectivity index (χ4v) is 4.14. The molecule has 0 spiro atoms. The molecule has 8 heteroatoms. The lowest BCUT2D eigenvalue weighted by Crippen LogP contribution is -2.33. The highest BCUT2D eigenvalue weighted by Gasteiger charge is 2.23. The molecule has 1 N–H and O–H groups in total. The molecule has 0 bridgehead atoms. The molecule has 5 nitrogen and oxygen atoms in total. The molecular weight excluding hydrogens is 475 g/mol. The van der Waals surface area contributed by atoms with Crippen LogP contribution in [0.5, 0.6) is 0 Å². The summed E-state index contributed by atoms with van der Waals surface area (Å²) < 4.78 is 26.9. The topological polar surface area (TPSA) is 66.5 Å². The summed E-state index contributed by atoms with van der Waals surface area (Å²) in [7, 11) is -2.01. The van der Waals surface area contributed by atoms with Gasteiger partial charge in [0.15, 0.2) is 0 Å². The van der Waals surface area contributed by atoms with Crippen molar-refractivity contribution in [2.45, 2.75) is 24.8 Å². The van der Waals surface area contributed by atoms with E-state index in [0.717, 1.165) is 3.57 Å². The zero-order valence-corrected chi connectivity index (χ0v) is 17.7. The van der Waals surface area contributed by atoms with E-state index in [9.17, 15) is 13.2 Å². The summed E-state index contributed by atoms with van der Waals surface area (Å²) in [6, 6.07) is 11.0. The van der Waals surface area contributed by atoms with Gasteiger partial charge in [-0.3, -0.25) is 4.79 Å². The number of nitrogens with zero attached hydrogens (tertiary/aromatic N) is 1. The monoisotopic (exact) mass is 492 g/mol. The molecule has 0 fully saturated rings. The minimum Gasteiger partial charge on any atom is -0.322 e. The Morgan fingerprint density at radius 3 is 2.32 bits per heavy atom. The van der Waals surface area contributed by atoms with Gasteiger partial charge in [0, 0.05) is 27.4 Å². The summed E-state index contributed by atoms with van der Waals surface area (Å²) in [5.74, 6) is -0.304. The van der Waals surface area contributed by atoms with Crippen molar-refractivity contribution in [2.75, 3.05) is 12.4 Å². The number of carbonyl (C=O) groups is 1. The molecular formula is C17H18ClIN2O3S. The van der Waals surface area contributed by atoms with Gasteiger partial charge in [-0.1, -0.05) is 11.6 Å². The summed E-state index contributed by atoms with van der Waals surface area (Å²) in [4.78, 5) is 12.5. The van der Waals surface area contributed by atoms with E-state index in [1.807, 2.05) is 0 Å². The van der Waals surface area contributed by atoms with Gasteiger partial charge in [0.2, 0.25) is 10.0 Å². The molecule has 2 aromatic carbocycles. The van der Waals surface area contributed by atoms with Gasteiger partial charge in [-0.15, -0.1) is 0 Å². The van der Waals surface area contributed by atoms with Crippen molar-refractivity contribution < 1.29 is 13.2 Å². The van der Waals surface area contributed by atoms with E-state index in [4.69, 9.17) is 11.6 Å². The van der Waals surface area contributed by atoms with E-state index in [0.29, 0.717) is 16.3 Å². The Hall–Kier alpha value is -1.16. The Morgan fingerprint density at radius 2 is 1.76 bits per heavy atom. The Bertz CT molecular complexity index is 883. The minimum absolute atomic E-state index is 0.144. The number of carbonyl (C=O) groups excluding carboxylic acids is 1. The van der Waals surface area contributed by atoms with Crippen molar-refractivity contribution in [3.05, 3.63) is 56.6 Å². The summed E-state index contributed by atoms with van der Waals surface area (Å²) in [5.41, 5.74) is 0.969. The quantitative estimate of drug-likeness (QED) is 0.636. The molecule has 0 unspecified atom stereocenters. The molecule has 0 aliphatic heterocycles. The van der Waals surface area contributed by atoms with Crippen LogP contribution in [0.1, 0.15) is 24.2 Å². The molecule has 0 aliphatic carbocycles. The second kappa shape index (κ2) is 8.03. The normalized spacial score (nSPS) is 11.8. The van der Waals surface area contributed by atoms with E-state index >= 15 is 0 Å². The molecule has 0 radical (unpaired) electrons. The number of benzene rings is 2. The lowest BCUT2D eigenvalue weighted by atomic mass is 10.2. The lowest BCUT2D eigenvalue weighted by molar-refractivity contribution is 0.102. The van der Waals surface area contributed by atoms with Gasteiger partial charge >= 0.3 is 0 Å². The largest absolute Gasteiger partial charge is 0.322 e. The first-order valence-electron chi connectivity index (χ1n) is 7.47. The third kappa shape index (κ3) is 4.72. The maximum atomic E-state index is 12.4. The Labute approximate surface area is 166 Å². The maximum Gasteiger partial charge on any atom is 0.256 e. The second-order valence-corrected chi connectivity index (χ2v) is 9.31. The van der Waals surface area contributed by atoms with E-state index < -0.39 is 10.0 Å². The first-order chi connectivity index (χ1) is 11.6. The van der Waals surface area contributed by atoms with Crippen LogP contribution in [-0.2, 0) is 10.0 Å². The summed E-state index contributed by atoms with van der Waals surface area (Å²) >= 11 is 8.00. The van der Waals surface area contributed by atoms with Crippen molar-refractivity contribution in [1.82, 2.24) is 4.31 Å². The van der Waals surface area contributed by atoms with Crippen LogP contribution in [0, 0.1) is 3.57 Å². The fraction of sp³-hybridized carbons (Fsp3) is 0.235. The number of amides is 1. The van der Waals surface area contributed by atoms with Gasteiger partial charge in [-0.25, -0.2) is 8.42 Å². The molecule has 0 saturated heterocycles. The summed E-state index contributed by atoms with van der Waals surface area (Å²) in [6.07, 6.45) is 0. The Balaban J connectivity index is 2.21. The van der Waals surface area contributed by atoms with E-state index in [-0.39, 0.29) is 16.8 Å². The number of halogens is 2. The number of hydrogen-bond donors (Lipinski definition) is 1. The average Bonchev–Trinajstić information content (AvgIpc) is 2.56. The Morgan fingerprint density at radius 1 is 1.16 bits per heavy atom. The number of hydrogen-bond acceptors (Lipinski definition) is 3. The van der Waals surface area contributed by atoms with Crippen molar-refractivity contribution in [3.8, 4) is 0 Å². The smallest absolute Gasteiger partial charge is 0.256 e. The highest BCUT2D eigenvalue weighted by atomic mass is 127. The number of rotatable bonds is 5.